The van der Waals surface area contributed by atoms with E-state index in [0.29, 0.717) is 32.0 Å². The summed E-state index contributed by atoms with van der Waals surface area (Å²) in [5, 5.41) is 6.07. The van der Waals surface area contributed by atoms with Gasteiger partial charge in [-0.25, -0.2) is 0 Å². The molecule has 1 aliphatic rings. The zero-order chi connectivity index (χ0) is 14.1. The second-order valence-corrected chi connectivity index (χ2v) is 4.81. The first-order valence-electron chi connectivity index (χ1n) is 6.95. The maximum Gasteiger partial charge on any atom is 0.305 e. The Hall–Kier alpha value is -1.14. The molecule has 2 N–H and O–H groups in total. The minimum atomic E-state index is -0.234. The molecule has 1 heterocycles. The fourth-order valence-corrected chi connectivity index (χ4v) is 2.01. The number of carbonyl (C=O) groups excluding carboxylic acids is 2. The van der Waals surface area contributed by atoms with Gasteiger partial charge in [-0.3, -0.25) is 14.5 Å². The Morgan fingerprint density at radius 1 is 1.42 bits per heavy atom. The SMILES string of the molecule is CCCN(CC(=O)NCCCC(=O)OC)C1CNC1. The first-order chi connectivity index (χ1) is 9.17. The zero-order valence-electron chi connectivity index (χ0n) is 11.9. The summed E-state index contributed by atoms with van der Waals surface area (Å²) in [6.45, 7) is 5.97. The molecule has 0 spiro atoms. The lowest BCUT2D eigenvalue weighted by atomic mass is 10.1. The number of rotatable bonds is 9. The maximum absolute atomic E-state index is 11.8. The number of methoxy groups -OCH3 is 1. The number of ether oxygens (including phenoxy) is 1. The largest absolute Gasteiger partial charge is 0.469 e. The predicted molar refractivity (Wildman–Crippen MR) is 72.8 cm³/mol. The summed E-state index contributed by atoms with van der Waals surface area (Å²) in [5.74, 6) is -0.201. The normalized spacial score (nSPS) is 15.1. The highest BCUT2D eigenvalue weighted by atomic mass is 16.5. The van der Waals surface area contributed by atoms with Crippen LogP contribution in [0.3, 0.4) is 0 Å². The van der Waals surface area contributed by atoms with Crippen molar-refractivity contribution in [2.24, 2.45) is 0 Å². The first kappa shape index (κ1) is 15.9. The number of amides is 1. The van der Waals surface area contributed by atoms with Crippen molar-refractivity contribution in [1.29, 1.82) is 0 Å². The Morgan fingerprint density at radius 3 is 2.68 bits per heavy atom. The van der Waals surface area contributed by atoms with E-state index in [2.05, 4.69) is 27.2 Å². The molecule has 0 atom stereocenters. The smallest absolute Gasteiger partial charge is 0.305 e. The lowest BCUT2D eigenvalue weighted by molar-refractivity contribution is -0.140. The van der Waals surface area contributed by atoms with Crippen LogP contribution < -0.4 is 10.6 Å². The van der Waals surface area contributed by atoms with Gasteiger partial charge in [0.1, 0.15) is 0 Å². The fraction of sp³-hybridized carbons (Fsp3) is 0.846. The predicted octanol–water partition coefficient (Wildman–Crippen LogP) is -0.260. The molecule has 0 bridgehead atoms. The van der Waals surface area contributed by atoms with Crippen molar-refractivity contribution in [2.75, 3.05) is 39.8 Å². The summed E-state index contributed by atoms with van der Waals surface area (Å²) in [7, 11) is 1.37. The Bertz CT molecular complexity index is 293. The van der Waals surface area contributed by atoms with E-state index in [1.807, 2.05) is 0 Å². The highest BCUT2D eigenvalue weighted by Crippen LogP contribution is 2.05. The molecule has 1 saturated heterocycles. The van der Waals surface area contributed by atoms with Gasteiger partial charge in [-0.15, -0.1) is 0 Å². The van der Waals surface area contributed by atoms with E-state index in [9.17, 15) is 9.59 Å². The molecule has 6 heteroatoms. The number of nitrogens with one attached hydrogen (secondary N) is 2. The summed E-state index contributed by atoms with van der Waals surface area (Å²) >= 11 is 0. The number of hydrogen-bond acceptors (Lipinski definition) is 5. The third-order valence-corrected chi connectivity index (χ3v) is 3.24. The molecule has 1 aliphatic heterocycles. The Balaban J connectivity index is 2.15. The van der Waals surface area contributed by atoms with Gasteiger partial charge in [0, 0.05) is 32.1 Å². The zero-order valence-corrected chi connectivity index (χ0v) is 11.9. The van der Waals surface area contributed by atoms with E-state index in [0.717, 1.165) is 26.1 Å². The van der Waals surface area contributed by atoms with Crippen LogP contribution in [0, 0.1) is 0 Å². The van der Waals surface area contributed by atoms with Gasteiger partial charge < -0.3 is 15.4 Å². The van der Waals surface area contributed by atoms with Crippen LogP contribution in [0.5, 0.6) is 0 Å². The van der Waals surface area contributed by atoms with E-state index < -0.39 is 0 Å². The van der Waals surface area contributed by atoms with Gasteiger partial charge >= 0.3 is 5.97 Å². The summed E-state index contributed by atoms with van der Waals surface area (Å²) in [6, 6.07) is 0.487. The highest BCUT2D eigenvalue weighted by Gasteiger charge is 2.25. The summed E-state index contributed by atoms with van der Waals surface area (Å²) < 4.78 is 4.54. The van der Waals surface area contributed by atoms with E-state index >= 15 is 0 Å². The van der Waals surface area contributed by atoms with Crippen molar-refractivity contribution in [1.82, 2.24) is 15.5 Å². The van der Waals surface area contributed by atoms with Crippen LogP contribution in [0.1, 0.15) is 26.2 Å². The second kappa shape index (κ2) is 8.87. The van der Waals surface area contributed by atoms with Gasteiger partial charge in [-0.1, -0.05) is 6.92 Å². The first-order valence-corrected chi connectivity index (χ1v) is 6.95. The van der Waals surface area contributed by atoms with E-state index in [1.165, 1.54) is 7.11 Å². The van der Waals surface area contributed by atoms with E-state index in [1.54, 1.807) is 0 Å². The molecule has 0 aromatic rings. The van der Waals surface area contributed by atoms with Gasteiger partial charge in [0.25, 0.3) is 0 Å². The van der Waals surface area contributed by atoms with E-state index in [4.69, 9.17) is 0 Å². The van der Waals surface area contributed by atoms with Crippen LogP contribution in [0.4, 0.5) is 0 Å². The number of carbonyl (C=O) groups is 2. The van der Waals surface area contributed by atoms with Crippen LogP contribution >= 0.6 is 0 Å². The minimum Gasteiger partial charge on any atom is -0.469 e. The van der Waals surface area contributed by atoms with Crippen molar-refractivity contribution >= 4 is 11.9 Å². The summed E-state index contributed by atoms with van der Waals surface area (Å²) in [5.41, 5.74) is 0. The van der Waals surface area contributed by atoms with Crippen molar-refractivity contribution in [3.8, 4) is 0 Å². The van der Waals surface area contributed by atoms with Crippen molar-refractivity contribution in [3.05, 3.63) is 0 Å². The fourth-order valence-electron chi connectivity index (χ4n) is 2.01. The van der Waals surface area contributed by atoms with Crippen LogP contribution in [-0.4, -0.2) is 62.7 Å². The van der Waals surface area contributed by atoms with Crippen LogP contribution in [0.15, 0.2) is 0 Å². The standard InChI is InChI=1S/C13H25N3O3/c1-3-7-16(11-8-14-9-11)10-12(17)15-6-4-5-13(18)19-2/h11,14H,3-10H2,1-2H3,(H,15,17). The third-order valence-electron chi connectivity index (χ3n) is 3.24. The lowest BCUT2D eigenvalue weighted by Gasteiger charge is -2.37. The summed E-state index contributed by atoms with van der Waals surface area (Å²) in [4.78, 5) is 24.9. The molecule has 0 unspecified atom stereocenters. The Kier molecular flexibility index (Phi) is 7.43. The van der Waals surface area contributed by atoms with Crippen molar-refractivity contribution in [3.63, 3.8) is 0 Å². The van der Waals surface area contributed by atoms with Gasteiger partial charge in [-0.2, -0.15) is 0 Å². The molecule has 0 aromatic heterocycles. The van der Waals surface area contributed by atoms with Crippen LogP contribution in [-0.2, 0) is 14.3 Å². The summed E-state index contributed by atoms with van der Waals surface area (Å²) in [6.07, 6.45) is 2.02. The average molecular weight is 271 g/mol. The molecule has 110 valence electrons. The maximum atomic E-state index is 11.8. The molecule has 6 nitrogen and oxygen atoms in total. The molecular formula is C13H25N3O3. The molecular weight excluding hydrogens is 246 g/mol. The van der Waals surface area contributed by atoms with Crippen LogP contribution in [0.25, 0.3) is 0 Å². The van der Waals surface area contributed by atoms with Crippen molar-refractivity contribution < 1.29 is 14.3 Å². The molecule has 19 heavy (non-hydrogen) atoms. The number of nitrogens with zero attached hydrogens (tertiary/aromatic N) is 1. The van der Waals surface area contributed by atoms with Gasteiger partial charge in [0.15, 0.2) is 0 Å². The number of esters is 1. The molecule has 1 amide bonds. The van der Waals surface area contributed by atoms with Crippen LogP contribution in [0.2, 0.25) is 0 Å². The lowest BCUT2D eigenvalue weighted by Crippen LogP contribution is -2.59. The Labute approximate surface area is 114 Å². The molecule has 0 saturated carbocycles. The molecule has 1 rings (SSSR count). The second-order valence-electron chi connectivity index (χ2n) is 4.81. The molecule has 0 aliphatic carbocycles. The topological polar surface area (TPSA) is 70.7 Å². The third kappa shape index (κ3) is 6.02. The Morgan fingerprint density at radius 2 is 2.16 bits per heavy atom. The molecule has 0 radical (unpaired) electrons. The number of hydrogen-bond donors (Lipinski definition) is 2. The average Bonchev–Trinajstić information content (AvgIpc) is 2.32. The molecule has 1 fully saturated rings. The highest BCUT2D eigenvalue weighted by molar-refractivity contribution is 5.78. The monoisotopic (exact) mass is 271 g/mol. The quantitative estimate of drug-likeness (QED) is 0.446. The van der Waals surface area contributed by atoms with E-state index in [-0.39, 0.29) is 11.9 Å². The van der Waals surface area contributed by atoms with Crippen molar-refractivity contribution in [2.45, 2.75) is 32.2 Å². The minimum absolute atomic E-state index is 0.0326. The molecule has 0 aromatic carbocycles. The van der Waals surface area contributed by atoms with Gasteiger partial charge in [0.05, 0.1) is 13.7 Å². The van der Waals surface area contributed by atoms with Gasteiger partial charge in [-0.05, 0) is 19.4 Å². The van der Waals surface area contributed by atoms with Gasteiger partial charge in [0.2, 0.25) is 5.91 Å².